The van der Waals surface area contributed by atoms with Crippen molar-refractivity contribution >= 4 is 35.9 Å². The van der Waals surface area contributed by atoms with Crippen LogP contribution in [0.25, 0.3) is 0 Å². The predicted molar refractivity (Wildman–Crippen MR) is 91.3 cm³/mol. The maximum absolute atomic E-state index is 12.7. The fraction of sp³-hybridized carbons (Fsp3) is 0.294. The Hall–Kier alpha value is -3.76. The van der Waals surface area contributed by atoms with E-state index in [0.29, 0.717) is 13.0 Å². The van der Waals surface area contributed by atoms with E-state index in [0.717, 1.165) is 29.9 Å². The van der Waals surface area contributed by atoms with Crippen LogP contribution in [-0.4, -0.2) is 58.8 Å². The Bertz CT molecular complexity index is 911. The second-order valence-electron chi connectivity index (χ2n) is 6.14. The maximum Gasteiger partial charge on any atom is 0.346 e. The molecule has 0 atom stereocenters. The van der Waals surface area contributed by atoms with Crippen molar-refractivity contribution < 1.29 is 33.5 Å². The molecule has 2 aliphatic heterocycles. The molecule has 1 fully saturated rings. The first kappa shape index (κ1) is 19.0. The molecule has 11 heteroatoms. The summed E-state index contributed by atoms with van der Waals surface area (Å²) in [6.45, 7) is 0.362. The predicted octanol–water partition coefficient (Wildman–Crippen LogP) is 0.834. The summed E-state index contributed by atoms with van der Waals surface area (Å²) in [5.41, 5.74) is 4.75. The molecule has 0 bridgehead atoms. The summed E-state index contributed by atoms with van der Waals surface area (Å²) in [5.74, 6) is -2.95. The Kier molecular flexibility index (Phi) is 5.07. The van der Waals surface area contributed by atoms with E-state index in [1.807, 2.05) is 0 Å². The molecule has 1 saturated heterocycles. The van der Waals surface area contributed by atoms with E-state index >= 15 is 0 Å². The molecule has 28 heavy (non-hydrogen) atoms. The van der Waals surface area contributed by atoms with E-state index in [9.17, 15) is 28.8 Å². The molecule has 0 aromatic heterocycles. The van der Waals surface area contributed by atoms with Gasteiger partial charge >= 0.3 is 30.0 Å². The number of hydrogen-bond acceptors (Lipinski definition) is 7. The molecule has 3 rings (SSSR count). The van der Waals surface area contributed by atoms with Crippen LogP contribution in [0.1, 0.15) is 50.3 Å². The van der Waals surface area contributed by atoms with Crippen LogP contribution in [0, 0.1) is 0 Å². The van der Waals surface area contributed by atoms with Crippen LogP contribution in [0.3, 0.4) is 0 Å². The second-order valence-corrected chi connectivity index (χ2v) is 6.14. The minimum Gasteiger partial charge on any atom is -0.386 e. The second kappa shape index (κ2) is 7.47. The molecule has 0 radical (unpaired) electrons. The summed E-state index contributed by atoms with van der Waals surface area (Å²) in [5, 5.41) is 2.51. The van der Waals surface area contributed by atoms with Gasteiger partial charge in [-0.2, -0.15) is 4.90 Å². The quantitative estimate of drug-likeness (QED) is 0.533. The minimum atomic E-state index is -1.39. The molecular weight excluding hydrogens is 372 g/mol. The van der Waals surface area contributed by atoms with Crippen LogP contribution in [0.5, 0.6) is 0 Å². The molecule has 1 aromatic rings. The van der Waals surface area contributed by atoms with Crippen molar-refractivity contribution in [3.05, 3.63) is 34.9 Å². The van der Waals surface area contributed by atoms with Crippen molar-refractivity contribution in [2.45, 2.75) is 19.3 Å². The van der Waals surface area contributed by atoms with Crippen molar-refractivity contribution in [2.24, 2.45) is 5.73 Å². The first-order valence-electron chi connectivity index (χ1n) is 8.45. The molecule has 0 spiro atoms. The summed E-state index contributed by atoms with van der Waals surface area (Å²) in [4.78, 5) is 73.4. The van der Waals surface area contributed by atoms with Gasteiger partial charge in [0.15, 0.2) is 0 Å². The summed E-state index contributed by atoms with van der Waals surface area (Å²) in [6.07, 6.45) is 2.00. The third kappa shape index (κ3) is 3.41. The molecule has 2 heterocycles. The zero-order valence-electron chi connectivity index (χ0n) is 14.6. The number of nitrogens with one attached hydrogen (secondary N) is 1. The first-order valence-corrected chi connectivity index (χ1v) is 8.45. The van der Waals surface area contributed by atoms with E-state index in [1.54, 1.807) is 0 Å². The van der Waals surface area contributed by atoms with Crippen molar-refractivity contribution in [3.63, 3.8) is 0 Å². The van der Waals surface area contributed by atoms with Gasteiger partial charge in [0.2, 0.25) is 0 Å². The zero-order valence-corrected chi connectivity index (χ0v) is 14.6. The van der Waals surface area contributed by atoms with E-state index in [-0.39, 0.29) is 28.1 Å². The fourth-order valence-corrected chi connectivity index (χ4v) is 2.90. The van der Waals surface area contributed by atoms with Crippen LogP contribution in [0.4, 0.5) is 14.4 Å². The number of nitrogens with zero attached hydrogens (tertiary/aromatic N) is 2. The Morgan fingerprint density at radius 3 is 2.46 bits per heavy atom. The van der Waals surface area contributed by atoms with Crippen molar-refractivity contribution in [1.82, 2.24) is 15.1 Å². The van der Waals surface area contributed by atoms with E-state index in [1.165, 1.54) is 6.07 Å². The highest BCUT2D eigenvalue weighted by atomic mass is 16.6. The monoisotopic (exact) mass is 388 g/mol. The third-order valence-electron chi connectivity index (χ3n) is 4.32. The molecule has 3 N–H and O–H groups in total. The molecule has 1 aromatic carbocycles. The number of primary amides is 1. The smallest absolute Gasteiger partial charge is 0.346 e. The third-order valence-corrected chi connectivity index (χ3v) is 4.32. The molecule has 0 unspecified atom stereocenters. The van der Waals surface area contributed by atoms with Gasteiger partial charge in [0.05, 0.1) is 11.1 Å². The Balaban J connectivity index is 1.90. The number of ether oxygens (including phenoxy) is 1. The summed E-state index contributed by atoms with van der Waals surface area (Å²) in [6, 6.07) is 0.0220. The number of hydrogen-bond donors (Lipinski definition) is 2. The lowest BCUT2D eigenvalue weighted by atomic mass is 10.0. The lowest BCUT2D eigenvalue weighted by Crippen LogP contribution is -2.56. The number of rotatable bonds is 1. The zero-order chi connectivity index (χ0) is 20.4. The minimum absolute atomic E-state index is 0.00669. The number of carbonyl (C=O) groups excluding carboxylic acids is 6. The SMILES string of the molecule is NC(=O)N(C(=O)c1ccc2c(c1)C(=O)OC2=O)C(=O)N1CCCCCNC1=O. The average Bonchev–Trinajstić information content (AvgIpc) is 2.91. The molecular formula is C17H16N4O7. The number of carbonyl (C=O) groups is 6. The van der Waals surface area contributed by atoms with Gasteiger partial charge in [-0.15, -0.1) is 0 Å². The number of amides is 7. The lowest BCUT2D eigenvalue weighted by molar-refractivity contribution is 0.0443. The number of cyclic esters (lactones) is 2. The van der Waals surface area contributed by atoms with E-state index in [2.05, 4.69) is 10.1 Å². The molecule has 7 amide bonds. The number of imide groups is 4. The number of esters is 2. The van der Waals surface area contributed by atoms with Gasteiger partial charge in [-0.1, -0.05) is 0 Å². The number of benzene rings is 1. The Labute approximate surface area is 158 Å². The Morgan fingerprint density at radius 1 is 1.04 bits per heavy atom. The summed E-state index contributed by atoms with van der Waals surface area (Å²) in [7, 11) is 0. The first-order chi connectivity index (χ1) is 13.3. The van der Waals surface area contributed by atoms with Crippen LogP contribution in [0.15, 0.2) is 18.2 Å². The topological polar surface area (TPSA) is 156 Å². The van der Waals surface area contributed by atoms with Crippen LogP contribution < -0.4 is 11.1 Å². The van der Waals surface area contributed by atoms with Crippen LogP contribution in [-0.2, 0) is 4.74 Å². The van der Waals surface area contributed by atoms with E-state index < -0.39 is 35.9 Å². The maximum atomic E-state index is 12.7. The lowest BCUT2D eigenvalue weighted by Gasteiger charge is -2.27. The van der Waals surface area contributed by atoms with Gasteiger partial charge in [0.1, 0.15) is 0 Å². The van der Waals surface area contributed by atoms with Crippen molar-refractivity contribution in [3.8, 4) is 0 Å². The highest BCUT2D eigenvalue weighted by molar-refractivity contribution is 6.19. The fourth-order valence-electron chi connectivity index (χ4n) is 2.90. The molecule has 0 aliphatic carbocycles. The van der Waals surface area contributed by atoms with Gasteiger partial charge < -0.3 is 15.8 Å². The molecule has 0 saturated carbocycles. The summed E-state index contributed by atoms with van der Waals surface area (Å²) >= 11 is 0. The molecule has 146 valence electrons. The number of nitrogens with two attached hydrogens (primary N) is 1. The van der Waals surface area contributed by atoms with Gasteiger partial charge in [-0.25, -0.2) is 28.9 Å². The number of fused-ring (bicyclic) bond motifs is 1. The largest absolute Gasteiger partial charge is 0.386 e. The number of urea groups is 3. The van der Waals surface area contributed by atoms with Gasteiger partial charge in [0, 0.05) is 18.7 Å². The summed E-state index contributed by atoms with van der Waals surface area (Å²) < 4.78 is 4.43. The van der Waals surface area contributed by atoms with Gasteiger partial charge in [0.25, 0.3) is 5.91 Å². The van der Waals surface area contributed by atoms with Crippen LogP contribution in [0.2, 0.25) is 0 Å². The average molecular weight is 388 g/mol. The highest BCUT2D eigenvalue weighted by Gasteiger charge is 2.36. The van der Waals surface area contributed by atoms with Gasteiger partial charge in [-0.3, -0.25) is 4.79 Å². The van der Waals surface area contributed by atoms with Gasteiger partial charge in [-0.05, 0) is 37.5 Å². The molecule has 11 nitrogen and oxygen atoms in total. The highest BCUT2D eigenvalue weighted by Crippen LogP contribution is 2.22. The van der Waals surface area contributed by atoms with Crippen molar-refractivity contribution in [2.75, 3.05) is 13.1 Å². The van der Waals surface area contributed by atoms with E-state index in [4.69, 9.17) is 5.73 Å². The Morgan fingerprint density at radius 2 is 1.75 bits per heavy atom. The normalized spacial score (nSPS) is 16.4. The van der Waals surface area contributed by atoms with Crippen LogP contribution >= 0.6 is 0 Å². The molecule has 2 aliphatic rings. The standard InChI is InChI=1S/C17H16N4O7/c18-15(25)21(17(27)20-7-3-1-2-6-19-16(20)26)12(22)9-4-5-10-11(8-9)14(24)28-13(10)23/h4-5,8H,1-3,6-7H2,(H2,18,25)(H,19,26). The van der Waals surface area contributed by atoms with Crippen molar-refractivity contribution in [1.29, 1.82) is 0 Å².